The molecule has 0 radical (unpaired) electrons. The van der Waals surface area contributed by atoms with Crippen molar-refractivity contribution in [3.63, 3.8) is 0 Å². The van der Waals surface area contributed by atoms with Gasteiger partial charge in [0.05, 0.1) is 17.5 Å². The highest BCUT2D eigenvalue weighted by molar-refractivity contribution is 5.91. The fourth-order valence-corrected chi connectivity index (χ4v) is 5.54. The van der Waals surface area contributed by atoms with Crippen LogP contribution in [0.3, 0.4) is 0 Å². The number of hydrogen-bond donors (Lipinski definition) is 1. The maximum absolute atomic E-state index is 14.5. The van der Waals surface area contributed by atoms with Crippen molar-refractivity contribution in [3.05, 3.63) is 137 Å². The topological polar surface area (TPSA) is 84.9 Å². The van der Waals surface area contributed by atoms with Crippen molar-refractivity contribution in [2.24, 2.45) is 5.92 Å². The standard InChI is InChI=1S/C35H31F3N2O5/c1-39-21-26-22-40(32(41)19-25-18-29(37)30(38)20-28(25)36)17-16-35(26,45-34(43)24-12-6-3-7-13-24)27-14-8-9-15-31(27)44-33(42)23-10-4-2-5-11-23/h2-15,18,20,26,39H,16-17,19,21-22H2,1H3/t26-,35+/m1/s1/i1D3. The van der Waals surface area contributed by atoms with E-state index in [4.69, 9.17) is 13.6 Å². The largest absolute Gasteiger partial charge is 0.450 e. The molecule has 0 aromatic heterocycles. The quantitative estimate of drug-likeness (QED) is 0.147. The number of ether oxygens (including phenoxy) is 2. The van der Waals surface area contributed by atoms with Crippen molar-refractivity contribution in [1.82, 2.24) is 10.2 Å². The molecule has 1 heterocycles. The van der Waals surface area contributed by atoms with Crippen molar-refractivity contribution in [2.45, 2.75) is 18.4 Å². The predicted molar refractivity (Wildman–Crippen MR) is 160 cm³/mol. The molecule has 1 aliphatic rings. The van der Waals surface area contributed by atoms with E-state index in [1.54, 1.807) is 78.9 Å². The first kappa shape index (κ1) is 27.6. The van der Waals surface area contributed by atoms with Gasteiger partial charge in [0.2, 0.25) is 5.91 Å². The number of para-hydroxylation sites is 1. The van der Waals surface area contributed by atoms with E-state index >= 15 is 0 Å². The maximum atomic E-state index is 14.5. The van der Waals surface area contributed by atoms with E-state index in [-0.39, 0.29) is 54.1 Å². The lowest BCUT2D eigenvalue weighted by Crippen LogP contribution is -2.56. The summed E-state index contributed by atoms with van der Waals surface area (Å²) in [7, 11) is 0. The van der Waals surface area contributed by atoms with Crippen molar-refractivity contribution in [2.75, 3.05) is 26.6 Å². The molecule has 5 rings (SSSR count). The van der Waals surface area contributed by atoms with Crippen LogP contribution in [0.15, 0.2) is 97.1 Å². The first-order chi connectivity index (χ1) is 22.9. The van der Waals surface area contributed by atoms with Crippen molar-refractivity contribution < 1.29 is 41.1 Å². The third-order valence-electron chi connectivity index (χ3n) is 7.82. The molecule has 7 nitrogen and oxygen atoms in total. The number of amides is 1. The number of piperidine rings is 1. The molecular weight excluding hydrogens is 585 g/mol. The third kappa shape index (κ3) is 6.91. The molecule has 0 spiro atoms. The summed E-state index contributed by atoms with van der Waals surface area (Å²) in [4.78, 5) is 41.6. The number of likely N-dealkylation sites (tertiary alicyclic amines) is 1. The Morgan fingerprint density at radius 2 is 1.49 bits per heavy atom. The zero-order valence-corrected chi connectivity index (χ0v) is 24.0. The van der Waals surface area contributed by atoms with Crippen LogP contribution in [-0.4, -0.2) is 49.4 Å². The molecule has 1 aliphatic heterocycles. The fourth-order valence-electron chi connectivity index (χ4n) is 5.54. The van der Waals surface area contributed by atoms with Crippen LogP contribution in [0, 0.1) is 23.4 Å². The summed E-state index contributed by atoms with van der Waals surface area (Å²) in [6.07, 6.45) is -0.699. The lowest BCUT2D eigenvalue weighted by molar-refractivity contribution is -0.141. The number of carbonyl (C=O) groups is 3. The summed E-state index contributed by atoms with van der Waals surface area (Å²) in [5.41, 5.74) is -1.29. The normalized spacial score (nSPS) is 19.1. The van der Waals surface area contributed by atoms with Crippen LogP contribution >= 0.6 is 0 Å². The summed E-state index contributed by atoms with van der Waals surface area (Å²) < 4.78 is 77.4. The number of benzene rings is 4. The van der Waals surface area contributed by atoms with Gasteiger partial charge in [-0.25, -0.2) is 22.8 Å². The Bertz CT molecular complexity index is 1790. The number of hydrogen-bond acceptors (Lipinski definition) is 6. The Morgan fingerprint density at radius 1 is 0.867 bits per heavy atom. The summed E-state index contributed by atoms with van der Waals surface area (Å²) >= 11 is 0. The van der Waals surface area contributed by atoms with E-state index in [9.17, 15) is 27.6 Å². The summed E-state index contributed by atoms with van der Waals surface area (Å²) in [6, 6.07) is 23.7. The van der Waals surface area contributed by atoms with E-state index in [0.717, 1.165) is 0 Å². The number of nitrogens with zero attached hydrogens (tertiary/aromatic N) is 1. The average molecular weight is 620 g/mol. The van der Waals surface area contributed by atoms with E-state index in [1.807, 2.05) is 0 Å². The molecule has 0 aliphatic carbocycles. The molecule has 1 saturated heterocycles. The molecule has 232 valence electrons. The van der Waals surface area contributed by atoms with Gasteiger partial charge in [0, 0.05) is 53.3 Å². The van der Waals surface area contributed by atoms with Crippen molar-refractivity contribution >= 4 is 17.8 Å². The maximum Gasteiger partial charge on any atom is 0.343 e. The van der Waals surface area contributed by atoms with Crippen LogP contribution < -0.4 is 10.1 Å². The molecule has 0 unspecified atom stereocenters. The first-order valence-corrected chi connectivity index (χ1v) is 14.2. The molecule has 4 aromatic carbocycles. The zero-order valence-electron chi connectivity index (χ0n) is 27.0. The second kappa shape index (κ2) is 13.8. The van der Waals surface area contributed by atoms with Gasteiger partial charge in [-0.3, -0.25) is 4.79 Å². The van der Waals surface area contributed by atoms with Gasteiger partial charge in [-0.1, -0.05) is 54.6 Å². The zero-order chi connectivity index (χ0) is 34.5. The molecule has 0 saturated carbocycles. The minimum absolute atomic E-state index is 0.0507. The average Bonchev–Trinajstić information content (AvgIpc) is 3.07. The lowest BCUT2D eigenvalue weighted by Gasteiger charge is -2.47. The Morgan fingerprint density at radius 3 is 2.18 bits per heavy atom. The summed E-state index contributed by atoms with van der Waals surface area (Å²) in [6.45, 7) is -3.20. The Hall–Kier alpha value is -4.96. The van der Waals surface area contributed by atoms with Crippen LogP contribution in [0.2, 0.25) is 0 Å². The highest BCUT2D eigenvalue weighted by Crippen LogP contribution is 2.45. The highest BCUT2D eigenvalue weighted by Gasteiger charge is 2.50. The predicted octanol–water partition coefficient (Wildman–Crippen LogP) is 5.69. The number of rotatable bonds is 9. The molecule has 1 N–H and O–H groups in total. The molecule has 10 heteroatoms. The molecule has 1 fully saturated rings. The van der Waals surface area contributed by atoms with Gasteiger partial charge in [0.15, 0.2) is 11.6 Å². The Labute approximate surface area is 262 Å². The Balaban J connectivity index is 1.55. The second-order valence-electron chi connectivity index (χ2n) is 10.6. The minimum atomic E-state index is -2.63. The first-order valence-electron chi connectivity index (χ1n) is 15.7. The SMILES string of the molecule is [2H]C([2H])([2H])NC[C@@H]1CN(C(=O)Cc2cc(F)c(F)cc2F)CC[C@@]1(OC(=O)c1ccccc1)c1ccccc1OC(=O)c1ccccc1. The molecule has 45 heavy (non-hydrogen) atoms. The minimum Gasteiger partial charge on any atom is -0.450 e. The van der Waals surface area contributed by atoms with Crippen LogP contribution in [-0.2, 0) is 21.6 Å². The van der Waals surface area contributed by atoms with Crippen LogP contribution in [0.25, 0.3) is 0 Å². The number of halogens is 3. The number of carbonyl (C=O) groups excluding carboxylic acids is 3. The molecule has 0 bridgehead atoms. The van der Waals surface area contributed by atoms with E-state index in [2.05, 4.69) is 5.32 Å². The summed E-state index contributed by atoms with van der Waals surface area (Å²) in [5.74, 6) is -6.80. The van der Waals surface area contributed by atoms with Crippen LogP contribution in [0.4, 0.5) is 13.2 Å². The van der Waals surface area contributed by atoms with Gasteiger partial charge in [-0.2, -0.15) is 0 Å². The van der Waals surface area contributed by atoms with Crippen molar-refractivity contribution in [3.8, 4) is 5.75 Å². The van der Waals surface area contributed by atoms with Crippen LogP contribution in [0.5, 0.6) is 5.75 Å². The molecule has 1 amide bonds. The van der Waals surface area contributed by atoms with Gasteiger partial charge < -0.3 is 19.7 Å². The smallest absolute Gasteiger partial charge is 0.343 e. The number of nitrogens with one attached hydrogen (secondary N) is 1. The highest BCUT2D eigenvalue weighted by atomic mass is 19.2. The van der Waals surface area contributed by atoms with E-state index in [0.29, 0.717) is 12.1 Å². The van der Waals surface area contributed by atoms with Gasteiger partial charge in [0.25, 0.3) is 0 Å². The van der Waals surface area contributed by atoms with Gasteiger partial charge >= 0.3 is 11.9 Å². The van der Waals surface area contributed by atoms with Crippen molar-refractivity contribution in [1.29, 1.82) is 0 Å². The lowest BCUT2D eigenvalue weighted by atomic mass is 9.74. The fraction of sp³-hybridized carbons (Fsp3) is 0.229. The monoisotopic (exact) mass is 619 g/mol. The van der Waals surface area contributed by atoms with Gasteiger partial charge in [-0.05, 0) is 43.4 Å². The van der Waals surface area contributed by atoms with E-state index < -0.39 is 60.2 Å². The third-order valence-corrected chi connectivity index (χ3v) is 7.82. The molecule has 2 atom stereocenters. The number of esters is 2. The second-order valence-corrected chi connectivity index (χ2v) is 10.6. The molecule has 4 aromatic rings. The van der Waals surface area contributed by atoms with Gasteiger partial charge in [0.1, 0.15) is 17.2 Å². The van der Waals surface area contributed by atoms with E-state index in [1.165, 1.54) is 11.0 Å². The van der Waals surface area contributed by atoms with Gasteiger partial charge in [-0.15, -0.1) is 0 Å². The van der Waals surface area contributed by atoms with Crippen LogP contribution in [0.1, 0.15) is 42.4 Å². The molecular formula is C35H31F3N2O5. The Kier molecular flexibility index (Phi) is 8.44. The summed E-state index contributed by atoms with van der Waals surface area (Å²) in [5, 5.41) is 2.46.